The minimum absolute atomic E-state index is 0.314. The van der Waals surface area contributed by atoms with Crippen molar-refractivity contribution in [2.75, 3.05) is 0 Å². The lowest BCUT2D eigenvalue weighted by Gasteiger charge is -2.10. The third kappa shape index (κ3) is 2.67. The Kier molecular flexibility index (Phi) is 3.68. The van der Waals surface area contributed by atoms with Crippen molar-refractivity contribution in [3.63, 3.8) is 0 Å². The van der Waals surface area contributed by atoms with Crippen LogP contribution in [0.25, 0.3) is 0 Å². The molecule has 3 rings (SSSR count). The van der Waals surface area contributed by atoms with Gasteiger partial charge in [0.05, 0.1) is 6.10 Å². The number of aryl methyl sites for hydroxylation is 2. The van der Waals surface area contributed by atoms with E-state index in [2.05, 4.69) is 0 Å². The maximum Gasteiger partial charge on any atom is 0.120 e. The molecule has 0 aliphatic heterocycles. The van der Waals surface area contributed by atoms with Crippen LogP contribution in [0.2, 0.25) is 5.02 Å². The van der Waals surface area contributed by atoms with Crippen molar-refractivity contribution >= 4 is 11.6 Å². The molecular formula is C17H17ClO2. The van der Waals surface area contributed by atoms with Crippen molar-refractivity contribution < 1.29 is 9.84 Å². The molecule has 20 heavy (non-hydrogen) atoms. The summed E-state index contributed by atoms with van der Waals surface area (Å²) in [6, 6.07) is 11.9. The first-order chi connectivity index (χ1) is 9.63. The van der Waals surface area contributed by atoms with Crippen LogP contribution < -0.4 is 4.74 Å². The first kappa shape index (κ1) is 13.5. The number of ether oxygens (including phenoxy) is 1. The molecule has 0 bridgehead atoms. The first-order valence-electron chi connectivity index (χ1n) is 6.82. The molecule has 0 fully saturated rings. The van der Waals surface area contributed by atoms with Crippen LogP contribution in [0, 0.1) is 6.92 Å². The molecular weight excluding hydrogens is 272 g/mol. The van der Waals surface area contributed by atoms with Gasteiger partial charge in [-0.05, 0) is 54.7 Å². The quantitative estimate of drug-likeness (QED) is 0.917. The van der Waals surface area contributed by atoms with Crippen molar-refractivity contribution in [2.45, 2.75) is 32.5 Å². The topological polar surface area (TPSA) is 29.5 Å². The molecule has 2 aromatic rings. The Morgan fingerprint density at radius 3 is 2.90 bits per heavy atom. The summed E-state index contributed by atoms with van der Waals surface area (Å²) in [5.74, 6) is 0.828. The van der Waals surface area contributed by atoms with Gasteiger partial charge in [0, 0.05) is 10.6 Å². The van der Waals surface area contributed by atoms with Gasteiger partial charge < -0.3 is 9.84 Å². The van der Waals surface area contributed by atoms with Crippen molar-refractivity contribution in [2.24, 2.45) is 0 Å². The predicted octanol–water partition coefficient (Wildman–Crippen LogP) is 4.21. The highest BCUT2D eigenvalue weighted by Crippen LogP contribution is 2.33. The molecule has 1 atom stereocenters. The smallest absolute Gasteiger partial charge is 0.120 e. The highest BCUT2D eigenvalue weighted by atomic mass is 35.5. The van der Waals surface area contributed by atoms with Crippen molar-refractivity contribution in [3.8, 4) is 5.75 Å². The molecule has 0 saturated carbocycles. The molecule has 0 amide bonds. The van der Waals surface area contributed by atoms with Crippen LogP contribution in [0.15, 0.2) is 36.4 Å². The molecule has 3 heteroatoms. The first-order valence-corrected chi connectivity index (χ1v) is 7.20. The van der Waals surface area contributed by atoms with Gasteiger partial charge in [0.25, 0.3) is 0 Å². The summed E-state index contributed by atoms with van der Waals surface area (Å²) >= 11 is 6.20. The van der Waals surface area contributed by atoms with Crippen LogP contribution in [0.1, 0.15) is 34.8 Å². The van der Waals surface area contributed by atoms with Gasteiger partial charge in [-0.15, -0.1) is 0 Å². The third-order valence-corrected chi connectivity index (χ3v) is 4.12. The number of rotatable bonds is 3. The fourth-order valence-corrected chi connectivity index (χ4v) is 2.88. The monoisotopic (exact) mass is 288 g/mol. The minimum atomic E-state index is -0.314. The summed E-state index contributed by atoms with van der Waals surface area (Å²) in [6.07, 6.45) is 1.41. The Morgan fingerprint density at radius 2 is 2.10 bits per heavy atom. The summed E-state index contributed by atoms with van der Waals surface area (Å²) in [6.45, 7) is 2.47. The van der Waals surface area contributed by atoms with E-state index in [0.29, 0.717) is 6.61 Å². The zero-order valence-corrected chi connectivity index (χ0v) is 12.2. The van der Waals surface area contributed by atoms with E-state index in [1.165, 1.54) is 5.56 Å². The predicted molar refractivity (Wildman–Crippen MR) is 80.2 cm³/mol. The molecule has 0 heterocycles. The molecule has 0 aromatic heterocycles. The van der Waals surface area contributed by atoms with E-state index in [4.69, 9.17) is 16.3 Å². The lowest BCUT2D eigenvalue weighted by molar-refractivity contribution is 0.180. The molecule has 0 unspecified atom stereocenters. The largest absolute Gasteiger partial charge is 0.489 e. The van der Waals surface area contributed by atoms with Crippen LogP contribution in [0.3, 0.4) is 0 Å². The molecule has 0 saturated heterocycles. The van der Waals surface area contributed by atoms with Crippen LogP contribution in [0.4, 0.5) is 0 Å². The van der Waals surface area contributed by atoms with Crippen LogP contribution in [-0.4, -0.2) is 5.11 Å². The van der Waals surface area contributed by atoms with Gasteiger partial charge in [-0.1, -0.05) is 29.8 Å². The SMILES string of the molecule is Cc1ccc(COc2ccc3c(c2)CC[C@@H]3O)c(Cl)c1. The fourth-order valence-electron chi connectivity index (χ4n) is 2.59. The van der Waals surface area contributed by atoms with Crippen LogP contribution in [0.5, 0.6) is 5.75 Å². The Bertz CT molecular complexity index is 637. The fraction of sp³-hybridized carbons (Fsp3) is 0.294. The second-order valence-electron chi connectivity index (χ2n) is 5.30. The van der Waals surface area contributed by atoms with Gasteiger partial charge >= 0.3 is 0 Å². The maximum atomic E-state index is 9.78. The highest BCUT2D eigenvalue weighted by molar-refractivity contribution is 6.31. The summed E-state index contributed by atoms with van der Waals surface area (Å²) in [5.41, 5.74) is 4.35. The lowest BCUT2D eigenvalue weighted by atomic mass is 10.1. The van der Waals surface area contributed by atoms with Gasteiger partial charge in [0.1, 0.15) is 12.4 Å². The normalized spacial score (nSPS) is 17.1. The minimum Gasteiger partial charge on any atom is -0.489 e. The molecule has 104 valence electrons. The number of aliphatic hydroxyl groups excluding tert-OH is 1. The number of benzene rings is 2. The van der Waals surface area contributed by atoms with Gasteiger partial charge in [0.15, 0.2) is 0 Å². The Hall–Kier alpha value is -1.51. The van der Waals surface area contributed by atoms with Gasteiger partial charge in [-0.25, -0.2) is 0 Å². The Labute approximate surface area is 124 Å². The standard InChI is InChI=1S/C17H17ClO2/c1-11-2-3-13(16(18)8-11)10-20-14-5-6-15-12(9-14)4-7-17(15)19/h2-3,5-6,8-9,17,19H,4,7,10H2,1H3/t17-/m0/s1. The number of halogens is 1. The number of fused-ring (bicyclic) bond motifs is 1. The van der Waals surface area contributed by atoms with Crippen LogP contribution >= 0.6 is 11.6 Å². The van der Waals surface area contributed by atoms with Crippen molar-refractivity contribution in [1.82, 2.24) is 0 Å². The molecule has 0 spiro atoms. The zero-order valence-electron chi connectivity index (χ0n) is 11.4. The van der Waals surface area contributed by atoms with Gasteiger partial charge in [-0.3, -0.25) is 0 Å². The van der Waals surface area contributed by atoms with E-state index < -0.39 is 0 Å². The van der Waals surface area contributed by atoms with Crippen LogP contribution in [-0.2, 0) is 13.0 Å². The number of hydrogen-bond acceptors (Lipinski definition) is 2. The van der Waals surface area contributed by atoms with Gasteiger partial charge in [-0.2, -0.15) is 0 Å². The summed E-state index contributed by atoms with van der Waals surface area (Å²) < 4.78 is 5.81. The van der Waals surface area contributed by atoms with E-state index in [9.17, 15) is 5.11 Å². The highest BCUT2D eigenvalue weighted by Gasteiger charge is 2.20. The molecule has 2 aromatic carbocycles. The van der Waals surface area contributed by atoms with E-state index in [1.54, 1.807) is 0 Å². The van der Waals surface area contributed by atoms with E-state index in [-0.39, 0.29) is 6.10 Å². The molecule has 1 aliphatic rings. The summed E-state index contributed by atoms with van der Waals surface area (Å²) in [7, 11) is 0. The number of aliphatic hydroxyl groups is 1. The molecule has 0 radical (unpaired) electrons. The molecule has 1 aliphatic carbocycles. The van der Waals surface area contributed by atoms with E-state index >= 15 is 0 Å². The number of hydrogen-bond donors (Lipinski definition) is 1. The maximum absolute atomic E-state index is 9.78. The van der Waals surface area contributed by atoms with Gasteiger partial charge in [0.2, 0.25) is 0 Å². The lowest BCUT2D eigenvalue weighted by Crippen LogP contribution is -1.98. The second kappa shape index (κ2) is 5.47. The Balaban J connectivity index is 1.73. The zero-order chi connectivity index (χ0) is 14.1. The van der Waals surface area contributed by atoms with E-state index in [0.717, 1.165) is 40.3 Å². The Morgan fingerprint density at radius 1 is 1.25 bits per heavy atom. The molecule has 1 N–H and O–H groups in total. The third-order valence-electron chi connectivity index (χ3n) is 3.76. The average molecular weight is 289 g/mol. The molecule has 2 nitrogen and oxygen atoms in total. The average Bonchev–Trinajstić information content (AvgIpc) is 2.79. The summed E-state index contributed by atoms with van der Waals surface area (Å²) in [5, 5.41) is 10.5. The van der Waals surface area contributed by atoms with Crippen molar-refractivity contribution in [3.05, 3.63) is 63.7 Å². The second-order valence-corrected chi connectivity index (χ2v) is 5.71. The van der Waals surface area contributed by atoms with E-state index in [1.807, 2.05) is 43.3 Å². The van der Waals surface area contributed by atoms with Crippen molar-refractivity contribution in [1.29, 1.82) is 0 Å². The summed E-state index contributed by atoms with van der Waals surface area (Å²) in [4.78, 5) is 0.